The summed E-state index contributed by atoms with van der Waals surface area (Å²) in [6.45, 7) is 3.09. The summed E-state index contributed by atoms with van der Waals surface area (Å²) < 4.78 is 23.0. The Hall–Kier alpha value is -4.20. The van der Waals surface area contributed by atoms with Gasteiger partial charge in [-0.15, -0.1) is 0 Å². The molecule has 4 rings (SSSR count). The smallest absolute Gasteiger partial charge is 0.309 e. The summed E-state index contributed by atoms with van der Waals surface area (Å²) in [6, 6.07) is 21.3. The van der Waals surface area contributed by atoms with Crippen LogP contribution in [0.1, 0.15) is 62.0 Å². The maximum Gasteiger partial charge on any atom is 0.309 e. The van der Waals surface area contributed by atoms with E-state index in [4.69, 9.17) is 18.9 Å². The van der Waals surface area contributed by atoms with Gasteiger partial charge in [0.25, 0.3) is 0 Å². The molecule has 0 aliphatic carbocycles. The van der Waals surface area contributed by atoms with Gasteiger partial charge in [0.15, 0.2) is 17.2 Å². The molecule has 2 heterocycles. The van der Waals surface area contributed by atoms with Crippen LogP contribution in [0, 0.1) is 11.8 Å². The molecule has 41 heavy (non-hydrogen) atoms. The SMILES string of the molecule is COc1ccnc(C(=O)C[C@H]2CCCC[C@H](Cc3ccccc3)[C@@H](Oc3ccccc3)[C@H](C)OC2=O)c1OC(C)=O. The Bertz CT molecular complexity index is 1310. The van der Waals surface area contributed by atoms with Crippen molar-refractivity contribution in [1.82, 2.24) is 4.98 Å². The number of aromatic nitrogens is 1. The lowest BCUT2D eigenvalue weighted by molar-refractivity contribution is -0.160. The van der Waals surface area contributed by atoms with Crippen LogP contribution in [0.4, 0.5) is 0 Å². The molecule has 8 heteroatoms. The van der Waals surface area contributed by atoms with Gasteiger partial charge in [-0.05, 0) is 43.9 Å². The van der Waals surface area contributed by atoms with Gasteiger partial charge in [0.05, 0.1) is 13.0 Å². The van der Waals surface area contributed by atoms with Crippen molar-refractivity contribution in [3.05, 3.63) is 84.2 Å². The molecule has 0 radical (unpaired) electrons. The fraction of sp³-hybridized carbons (Fsp3) is 0.394. The molecule has 0 N–H and O–H groups in total. The summed E-state index contributed by atoms with van der Waals surface area (Å²) in [5.74, 6) is -1.16. The molecular weight excluding hydrogens is 522 g/mol. The highest BCUT2D eigenvalue weighted by atomic mass is 16.6. The summed E-state index contributed by atoms with van der Waals surface area (Å²) in [5, 5.41) is 0. The van der Waals surface area contributed by atoms with E-state index in [9.17, 15) is 14.4 Å². The van der Waals surface area contributed by atoms with Gasteiger partial charge in [-0.25, -0.2) is 4.98 Å². The van der Waals surface area contributed by atoms with Crippen LogP contribution >= 0.6 is 0 Å². The minimum atomic E-state index is -0.675. The van der Waals surface area contributed by atoms with Crippen molar-refractivity contribution < 1.29 is 33.3 Å². The highest BCUT2D eigenvalue weighted by Crippen LogP contribution is 2.33. The van der Waals surface area contributed by atoms with Gasteiger partial charge in [0.2, 0.25) is 5.75 Å². The summed E-state index contributed by atoms with van der Waals surface area (Å²) in [7, 11) is 1.41. The Morgan fingerprint density at radius 2 is 1.66 bits per heavy atom. The first kappa shape index (κ1) is 29.8. The van der Waals surface area contributed by atoms with E-state index in [1.54, 1.807) is 0 Å². The summed E-state index contributed by atoms with van der Waals surface area (Å²) in [6.07, 6.45) is 4.12. The van der Waals surface area contributed by atoms with E-state index in [0.29, 0.717) is 12.2 Å². The number of Topliss-reactive ketones (excluding diaryl/α,β-unsaturated/α-hetero) is 1. The lowest BCUT2D eigenvalue weighted by atomic mass is 9.84. The number of para-hydroxylation sites is 1. The van der Waals surface area contributed by atoms with Gasteiger partial charge in [-0.2, -0.15) is 0 Å². The first-order chi connectivity index (χ1) is 19.9. The number of ether oxygens (including phenoxy) is 4. The number of methoxy groups -OCH3 is 1. The maximum absolute atomic E-state index is 13.5. The number of esters is 2. The van der Waals surface area contributed by atoms with E-state index in [1.807, 2.05) is 55.5 Å². The van der Waals surface area contributed by atoms with Crippen LogP contribution < -0.4 is 14.2 Å². The molecule has 0 saturated carbocycles. The molecule has 2 aromatic carbocycles. The fourth-order valence-electron chi connectivity index (χ4n) is 5.33. The van der Waals surface area contributed by atoms with Crippen LogP contribution in [0.25, 0.3) is 0 Å². The van der Waals surface area contributed by atoms with Crippen LogP contribution in [-0.2, 0) is 20.7 Å². The van der Waals surface area contributed by atoms with Gasteiger partial charge in [0.1, 0.15) is 18.0 Å². The number of carbonyl (C=O) groups excluding carboxylic acids is 3. The third-order valence-electron chi connectivity index (χ3n) is 7.33. The van der Waals surface area contributed by atoms with Crippen molar-refractivity contribution in [3.63, 3.8) is 0 Å². The van der Waals surface area contributed by atoms with Crippen molar-refractivity contribution in [2.24, 2.45) is 11.8 Å². The molecule has 216 valence electrons. The zero-order valence-electron chi connectivity index (χ0n) is 23.8. The molecule has 8 nitrogen and oxygen atoms in total. The molecule has 1 saturated heterocycles. The molecule has 1 aromatic heterocycles. The lowest BCUT2D eigenvalue weighted by Gasteiger charge is -2.34. The Morgan fingerprint density at radius 1 is 0.976 bits per heavy atom. The Balaban J connectivity index is 1.55. The van der Waals surface area contributed by atoms with Crippen LogP contribution in [0.2, 0.25) is 0 Å². The Labute approximate surface area is 241 Å². The zero-order valence-corrected chi connectivity index (χ0v) is 23.8. The molecule has 4 atom stereocenters. The summed E-state index contributed by atoms with van der Waals surface area (Å²) in [5.41, 5.74) is 1.15. The standard InChI is InChI=1S/C33H37NO7/c1-22-31(41-27-16-8-5-9-17-27)25(20-24-12-6-4-7-13-24)14-10-11-15-26(33(37)39-22)21-28(36)30-32(40-23(2)35)29(38-3)18-19-34-30/h4-9,12-13,16-19,22,25-26,31H,10-11,14-15,20-21H2,1-3H3/t22-,25+,26+,31-/m0/s1. The van der Waals surface area contributed by atoms with Crippen molar-refractivity contribution in [3.8, 4) is 17.2 Å². The number of hydrogen-bond acceptors (Lipinski definition) is 8. The number of rotatable bonds is 9. The van der Waals surface area contributed by atoms with E-state index < -0.39 is 29.7 Å². The lowest BCUT2D eigenvalue weighted by Crippen LogP contribution is -2.42. The minimum Gasteiger partial charge on any atom is -0.493 e. The first-order valence-electron chi connectivity index (χ1n) is 14.1. The first-order valence-corrected chi connectivity index (χ1v) is 14.1. The highest BCUT2D eigenvalue weighted by molar-refractivity contribution is 6.00. The fourth-order valence-corrected chi connectivity index (χ4v) is 5.33. The number of pyridine rings is 1. The average Bonchev–Trinajstić information content (AvgIpc) is 2.97. The van der Waals surface area contributed by atoms with Crippen molar-refractivity contribution in [1.29, 1.82) is 0 Å². The second kappa shape index (κ2) is 14.4. The van der Waals surface area contributed by atoms with Crippen LogP contribution in [0.3, 0.4) is 0 Å². The number of hydrogen-bond donors (Lipinski definition) is 0. The number of ketones is 1. The molecular formula is C33H37NO7. The quantitative estimate of drug-likeness (QED) is 0.232. The Kier molecular flexibility index (Phi) is 10.5. The zero-order chi connectivity index (χ0) is 29.2. The topological polar surface area (TPSA) is 101 Å². The van der Waals surface area contributed by atoms with E-state index in [0.717, 1.165) is 25.7 Å². The predicted octanol–water partition coefficient (Wildman–Crippen LogP) is 6.02. The van der Waals surface area contributed by atoms with E-state index in [-0.39, 0.29) is 35.6 Å². The number of carbonyl (C=O) groups is 3. The van der Waals surface area contributed by atoms with Crippen LogP contribution in [0.5, 0.6) is 17.2 Å². The van der Waals surface area contributed by atoms with Gasteiger partial charge < -0.3 is 18.9 Å². The average molecular weight is 560 g/mol. The van der Waals surface area contributed by atoms with E-state index in [2.05, 4.69) is 17.1 Å². The molecule has 0 bridgehead atoms. The van der Waals surface area contributed by atoms with Crippen LogP contribution in [-0.4, -0.2) is 42.0 Å². The molecule has 0 spiro atoms. The Morgan fingerprint density at radius 3 is 2.34 bits per heavy atom. The molecule has 3 aromatic rings. The summed E-state index contributed by atoms with van der Waals surface area (Å²) >= 11 is 0. The number of cyclic esters (lactones) is 1. The monoisotopic (exact) mass is 559 g/mol. The number of benzene rings is 2. The molecule has 1 aliphatic rings. The van der Waals surface area contributed by atoms with E-state index >= 15 is 0 Å². The van der Waals surface area contributed by atoms with Crippen molar-refractivity contribution in [2.45, 2.75) is 64.6 Å². The summed E-state index contributed by atoms with van der Waals surface area (Å²) in [4.78, 5) is 42.7. The second-order valence-electron chi connectivity index (χ2n) is 10.4. The van der Waals surface area contributed by atoms with E-state index in [1.165, 1.54) is 31.9 Å². The molecule has 1 aliphatic heterocycles. The number of nitrogens with zero attached hydrogens (tertiary/aromatic N) is 1. The van der Waals surface area contributed by atoms with Crippen molar-refractivity contribution >= 4 is 17.7 Å². The molecule has 1 fully saturated rings. The third-order valence-corrected chi connectivity index (χ3v) is 7.33. The minimum absolute atomic E-state index is 0.0471. The highest BCUT2D eigenvalue weighted by Gasteiger charge is 2.35. The molecule has 0 amide bonds. The second-order valence-corrected chi connectivity index (χ2v) is 10.4. The largest absolute Gasteiger partial charge is 0.493 e. The van der Waals surface area contributed by atoms with Crippen LogP contribution in [0.15, 0.2) is 72.9 Å². The van der Waals surface area contributed by atoms with Gasteiger partial charge in [0, 0.05) is 31.5 Å². The third kappa shape index (κ3) is 8.16. The van der Waals surface area contributed by atoms with Gasteiger partial charge in [-0.3, -0.25) is 14.4 Å². The maximum atomic E-state index is 13.5. The predicted molar refractivity (Wildman–Crippen MR) is 153 cm³/mol. The van der Waals surface area contributed by atoms with Gasteiger partial charge in [-0.1, -0.05) is 61.4 Å². The normalized spacial score (nSPS) is 21.3. The van der Waals surface area contributed by atoms with Gasteiger partial charge >= 0.3 is 11.9 Å². The molecule has 0 unspecified atom stereocenters. The van der Waals surface area contributed by atoms with Crippen molar-refractivity contribution in [2.75, 3.05) is 7.11 Å².